The molecule has 1 aromatic carbocycles. The summed E-state index contributed by atoms with van der Waals surface area (Å²) in [5.41, 5.74) is -0.127. The number of ether oxygens (including phenoxy) is 1. The summed E-state index contributed by atoms with van der Waals surface area (Å²) in [6, 6.07) is 8.42. The fraction of sp³-hybridized carbons (Fsp3) is 0.579. The van der Waals surface area contributed by atoms with Crippen molar-refractivity contribution in [3.63, 3.8) is 0 Å². The maximum atomic E-state index is 12.9. The van der Waals surface area contributed by atoms with E-state index in [1.165, 1.54) is 0 Å². The van der Waals surface area contributed by atoms with Gasteiger partial charge < -0.3 is 20.1 Å². The molecule has 3 rings (SSSR count). The van der Waals surface area contributed by atoms with Gasteiger partial charge in [0, 0.05) is 25.0 Å². The first kappa shape index (κ1) is 20.4. The van der Waals surface area contributed by atoms with Gasteiger partial charge in [0.1, 0.15) is 12.4 Å². The Bertz CT molecular complexity index is 748. The average Bonchev–Trinajstić information content (AvgIpc) is 2.64. The van der Waals surface area contributed by atoms with Gasteiger partial charge in [-0.3, -0.25) is 4.79 Å². The van der Waals surface area contributed by atoms with Gasteiger partial charge >= 0.3 is 12.1 Å². The third kappa shape index (κ3) is 4.75. The second-order valence-electron chi connectivity index (χ2n) is 7.69. The van der Waals surface area contributed by atoms with Gasteiger partial charge in [0.05, 0.1) is 17.7 Å². The summed E-state index contributed by atoms with van der Waals surface area (Å²) in [5, 5.41) is 22.4. The van der Waals surface area contributed by atoms with E-state index >= 15 is 0 Å². The van der Waals surface area contributed by atoms with Crippen LogP contribution in [-0.4, -0.2) is 61.0 Å². The maximum Gasteiger partial charge on any atom is 0.471 e. The fourth-order valence-electron chi connectivity index (χ4n) is 4.26. The van der Waals surface area contributed by atoms with Crippen molar-refractivity contribution in [1.82, 2.24) is 10.2 Å². The van der Waals surface area contributed by atoms with E-state index in [4.69, 9.17) is 10.00 Å². The molecule has 28 heavy (non-hydrogen) atoms. The van der Waals surface area contributed by atoms with Gasteiger partial charge in [-0.05, 0) is 49.6 Å². The molecule has 152 valence electrons. The molecule has 0 saturated carbocycles. The number of piperidine rings is 2. The van der Waals surface area contributed by atoms with Crippen LogP contribution in [0.15, 0.2) is 24.3 Å². The Morgan fingerprint density at radius 3 is 2.79 bits per heavy atom. The number of amides is 1. The lowest BCUT2D eigenvalue weighted by Gasteiger charge is -2.50. The second-order valence-corrected chi connectivity index (χ2v) is 7.69. The van der Waals surface area contributed by atoms with Gasteiger partial charge in [-0.2, -0.15) is 18.4 Å². The minimum Gasteiger partial charge on any atom is -0.491 e. The predicted molar refractivity (Wildman–Crippen MR) is 93.3 cm³/mol. The van der Waals surface area contributed by atoms with E-state index in [1.807, 2.05) is 6.07 Å². The summed E-state index contributed by atoms with van der Waals surface area (Å²) in [6.45, 7) is 1.01. The largest absolute Gasteiger partial charge is 0.491 e. The lowest BCUT2D eigenvalue weighted by molar-refractivity contribution is -0.191. The quantitative estimate of drug-likeness (QED) is 0.790. The summed E-state index contributed by atoms with van der Waals surface area (Å²) in [6.07, 6.45) is -4.89. The zero-order valence-electron chi connectivity index (χ0n) is 15.2. The molecule has 3 atom stereocenters. The van der Waals surface area contributed by atoms with Gasteiger partial charge in [-0.15, -0.1) is 0 Å². The van der Waals surface area contributed by atoms with Gasteiger partial charge in [-0.25, -0.2) is 0 Å². The number of fused-ring (bicyclic) bond motifs is 2. The topological polar surface area (TPSA) is 85.6 Å². The highest BCUT2D eigenvalue weighted by molar-refractivity contribution is 5.82. The highest BCUT2D eigenvalue weighted by atomic mass is 19.4. The molecule has 1 amide bonds. The molecule has 3 unspecified atom stereocenters. The molecule has 9 heteroatoms. The number of alkyl halides is 3. The molecule has 2 N–H and O–H groups in total. The van der Waals surface area contributed by atoms with Crippen LogP contribution in [0, 0.1) is 22.7 Å². The van der Waals surface area contributed by atoms with Crippen molar-refractivity contribution in [3.05, 3.63) is 29.8 Å². The number of nitriles is 1. The van der Waals surface area contributed by atoms with Gasteiger partial charge in [0.15, 0.2) is 0 Å². The minimum absolute atomic E-state index is 0.0223. The number of nitrogens with zero attached hydrogens (tertiary/aromatic N) is 2. The summed E-state index contributed by atoms with van der Waals surface area (Å²) in [5.74, 6) is -1.39. The molecule has 0 radical (unpaired) electrons. The molecule has 2 heterocycles. The number of hydrogen-bond acceptors (Lipinski definition) is 5. The fourth-order valence-corrected chi connectivity index (χ4v) is 4.26. The van der Waals surface area contributed by atoms with Crippen LogP contribution in [0.4, 0.5) is 13.2 Å². The van der Waals surface area contributed by atoms with E-state index in [-0.39, 0.29) is 32.0 Å². The van der Waals surface area contributed by atoms with E-state index in [0.29, 0.717) is 30.8 Å². The third-order valence-corrected chi connectivity index (χ3v) is 5.28. The van der Waals surface area contributed by atoms with Crippen LogP contribution < -0.4 is 10.1 Å². The van der Waals surface area contributed by atoms with Crippen molar-refractivity contribution < 1.29 is 27.8 Å². The van der Waals surface area contributed by atoms with Crippen molar-refractivity contribution >= 4 is 5.91 Å². The Kier molecular flexibility index (Phi) is 5.82. The van der Waals surface area contributed by atoms with Crippen LogP contribution >= 0.6 is 0 Å². The standard InChI is InChI=1S/C19H22F3N3O3/c20-19(21,22)17(27)25-9-14-5-18(12-25,11-24-8-14)6-15(26)10-28-16-3-1-13(7-23)2-4-16/h1-4,14-15,24,26H,5-6,8-12H2. The zero-order chi connectivity index (χ0) is 20.4. The number of nitrogens with one attached hydrogen (secondary N) is 1. The maximum absolute atomic E-state index is 12.9. The number of rotatable bonds is 5. The number of carbonyl (C=O) groups is 1. The van der Waals surface area contributed by atoms with Crippen molar-refractivity contribution in [1.29, 1.82) is 5.26 Å². The first-order chi connectivity index (χ1) is 13.2. The van der Waals surface area contributed by atoms with Gasteiger partial charge in [0.25, 0.3) is 0 Å². The van der Waals surface area contributed by atoms with Crippen molar-refractivity contribution in [2.75, 3.05) is 32.8 Å². The predicted octanol–water partition coefficient (Wildman–Crippen LogP) is 1.69. The molecular weight excluding hydrogens is 375 g/mol. The summed E-state index contributed by atoms with van der Waals surface area (Å²) < 4.78 is 44.1. The van der Waals surface area contributed by atoms with Crippen LogP contribution in [0.1, 0.15) is 18.4 Å². The lowest BCUT2D eigenvalue weighted by atomic mass is 9.69. The normalized spacial score (nSPS) is 25.7. The van der Waals surface area contributed by atoms with E-state index < -0.39 is 23.6 Å². The molecule has 0 aliphatic carbocycles. The molecular formula is C19H22F3N3O3. The van der Waals surface area contributed by atoms with Crippen LogP contribution in [0.2, 0.25) is 0 Å². The average molecular weight is 397 g/mol. The number of halogens is 3. The van der Waals surface area contributed by atoms with E-state index in [2.05, 4.69) is 5.32 Å². The molecule has 2 fully saturated rings. The number of aliphatic hydroxyl groups is 1. The molecule has 2 aliphatic heterocycles. The second kappa shape index (κ2) is 7.97. The van der Waals surface area contributed by atoms with Crippen LogP contribution in [-0.2, 0) is 4.79 Å². The van der Waals surface area contributed by atoms with E-state index in [9.17, 15) is 23.1 Å². The Morgan fingerprint density at radius 2 is 2.14 bits per heavy atom. The number of carbonyl (C=O) groups excluding carboxylic acids is 1. The Morgan fingerprint density at radius 1 is 1.43 bits per heavy atom. The van der Waals surface area contributed by atoms with Crippen LogP contribution in [0.3, 0.4) is 0 Å². The number of hydrogen-bond donors (Lipinski definition) is 2. The summed E-state index contributed by atoms with van der Waals surface area (Å²) in [4.78, 5) is 12.6. The SMILES string of the molecule is N#Cc1ccc(OCC(O)CC23CNCC(CN(C(=O)C(F)(F)F)C2)C3)cc1. The molecule has 1 aromatic rings. The van der Waals surface area contributed by atoms with Gasteiger partial charge in [0.2, 0.25) is 0 Å². The minimum atomic E-state index is -4.89. The molecule has 2 saturated heterocycles. The van der Waals surface area contributed by atoms with E-state index in [0.717, 1.165) is 4.90 Å². The van der Waals surface area contributed by atoms with Crippen molar-refractivity contribution in [2.45, 2.75) is 25.1 Å². The Labute approximate surface area is 160 Å². The van der Waals surface area contributed by atoms with Crippen LogP contribution in [0.25, 0.3) is 0 Å². The highest BCUT2D eigenvalue weighted by Crippen LogP contribution is 2.40. The number of benzene rings is 1. The first-order valence-corrected chi connectivity index (χ1v) is 9.09. The third-order valence-electron chi connectivity index (χ3n) is 5.28. The monoisotopic (exact) mass is 397 g/mol. The highest BCUT2D eigenvalue weighted by Gasteiger charge is 2.50. The van der Waals surface area contributed by atoms with Crippen LogP contribution in [0.5, 0.6) is 5.75 Å². The number of likely N-dealkylation sites (tertiary alicyclic amines) is 1. The van der Waals surface area contributed by atoms with Crippen molar-refractivity contribution in [2.24, 2.45) is 11.3 Å². The van der Waals surface area contributed by atoms with Gasteiger partial charge in [-0.1, -0.05) is 0 Å². The number of aliphatic hydroxyl groups excluding tert-OH is 1. The summed E-state index contributed by atoms with van der Waals surface area (Å²) >= 11 is 0. The Balaban J connectivity index is 1.61. The van der Waals surface area contributed by atoms with E-state index in [1.54, 1.807) is 24.3 Å². The smallest absolute Gasteiger partial charge is 0.471 e. The molecule has 2 bridgehead atoms. The summed E-state index contributed by atoms with van der Waals surface area (Å²) in [7, 11) is 0. The molecule has 2 aliphatic rings. The molecule has 0 aromatic heterocycles. The first-order valence-electron chi connectivity index (χ1n) is 9.09. The zero-order valence-corrected chi connectivity index (χ0v) is 15.2. The Hall–Kier alpha value is -2.31. The molecule has 6 nitrogen and oxygen atoms in total. The lowest BCUT2D eigenvalue weighted by Crippen LogP contribution is -2.61. The molecule has 0 spiro atoms. The van der Waals surface area contributed by atoms with Crippen molar-refractivity contribution in [3.8, 4) is 11.8 Å².